The van der Waals surface area contributed by atoms with Crippen LogP contribution in [0.2, 0.25) is 0 Å². The van der Waals surface area contributed by atoms with Crippen LogP contribution in [-0.4, -0.2) is 22.8 Å². The van der Waals surface area contributed by atoms with E-state index in [-0.39, 0.29) is 18.4 Å². The highest BCUT2D eigenvalue weighted by Gasteiger charge is 2.41. The summed E-state index contributed by atoms with van der Waals surface area (Å²) >= 11 is 0. The summed E-state index contributed by atoms with van der Waals surface area (Å²) in [5.74, 6) is -3.12. The molecule has 2 aromatic rings. The van der Waals surface area contributed by atoms with E-state index in [0.717, 1.165) is 12.1 Å². The number of carboxylic acid groups (broad SMARTS) is 1. The Labute approximate surface area is 164 Å². The first-order valence-corrected chi connectivity index (χ1v) is 9.08. The Morgan fingerprint density at radius 3 is 2.62 bits per heavy atom. The van der Waals surface area contributed by atoms with Crippen LogP contribution in [0.5, 0.6) is 5.75 Å². The van der Waals surface area contributed by atoms with E-state index in [1.807, 2.05) is 0 Å². The molecule has 0 saturated heterocycles. The molecule has 0 aliphatic heterocycles. The number of hydrogen-bond acceptors (Lipinski definition) is 3. The largest absolute Gasteiger partial charge is 0.493 e. The van der Waals surface area contributed by atoms with Gasteiger partial charge in [-0.1, -0.05) is 18.2 Å². The fraction of sp³-hybridized carbons (Fsp3) is 0.381. The van der Waals surface area contributed by atoms with Crippen LogP contribution in [-0.2, 0) is 11.0 Å². The molecule has 1 fully saturated rings. The summed E-state index contributed by atoms with van der Waals surface area (Å²) < 4.78 is 57.7. The summed E-state index contributed by atoms with van der Waals surface area (Å²) in [5, 5.41) is 19.1. The van der Waals surface area contributed by atoms with Gasteiger partial charge in [-0.2, -0.15) is 13.2 Å². The first kappa shape index (κ1) is 21.1. The number of benzene rings is 2. The molecule has 0 amide bonds. The average molecular weight is 412 g/mol. The lowest BCUT2D eigenvalue weighted by atomic mass is 9.97. The van der Waals surface area contributed by atoms with Gasteiger partial charge in [0, 0.05) is 5.92 Å². The third-order valence-corrected chi connectivity index (χ3v) is 5.17. The molecular weight excluding hydrogens is 392 g/mol. The predicted molar refractivity (Wildman–Crippen MR) is 95.9 cm³/mol. The van der Waals surface area contributed by atoms with Crippen molar-refractivity contribution in [1.29, 1.82) is 0 Å². The maximum Gasteiger partial charge on any atom is 0.419 e. The minimum atomic E-state index is -4.74. The van der Waals surface area contributed by atoms with Crippen LogP contribution >= 0.6 is 0 Å². The molecule has 29 heavy (non-hydrogen) atoms. The van der Waals surface area contributed by atoms with Crippen molar-refractivity contribution in [2.45, 2.75) is 31.5 Å². The minimum absolute atomic E-state index is 0.00642. The molecule has 1 aliphatic rings. The lowest BCUT2D eigenvalue weighted by Crippen LogP contribution is -2.18. The Hall–Kier alpha value is -2.61. The van der Waals surface area contributed by atoms with Gasteiger partial charge in [0.05, 0.1) is 24.2 Å². The molecule has 3 rings (SSSR count). The highest BCUT2D eigenvalue weighted by molar-refractivity contribution is 5.70. The van der Waals surface area contributed by atoms with Crippen molar-refractivity contribution >= 4 is 5.97 Å². The van der Waals surface area contributed by atoms with Crippen LogP contribution in [0.15, 0.2) is 42.5 Å². The molecule has 156 valence electrons. The molecule has 0 aromatic heterocycles. The Bertz CT molecular complexity index is 896. The van der Waals surface area contributed by atoms with Crippen molar-refractivity contribution in [3.05, 3.63) is 65.0 Å². The van der Waals surface area contributed by atoms with E-state index in [4.69, 9.17) is 9.84 Å². The molecule has 1 aliphatic carbocycles. The predicted octanol–water partition coefficient (Wildman–Crippen LogP) is 4.78. The zero-order valence-corrected chi connectivity index (χ0v) is 15.5. The summed E-state index contributed by atoms with van der Waals surface area (Å²) in [4.78, 5) is 11.0. The van der Waals surface area contributed by atoms with Gasteiger partial charge in [-0.25, -0.2) is 4.39 Å². The number of aliphatic hydroxyl groups excluding tert-OH is 1. The van der Waals surface area contributed by atoms with E-state index in [2.05, 4.69) is 0 Å². The molecule has 2 aromatic carbocycles. The zero-order chi connectivity index (χ0) is 21.3. The number of aliphatic hydroxyl groups is 1. The summed E-state index contributed by atoms with van der Waals surface area (Å²) in [6.07, 6.45) is -5.30. The molecule has 4 atom stereocenters. The molecule has 0 heterocycles. The molecule has 0 spiro atoms. The van der Waals surface area contributed by atoms with Gasteiger partial charge >= 0.3 is 12.1 Å². The van der Waals surface area contributed by atoms with Crippen molar-refractivity contribution < 1.29 is 37.3 Å². The molecule has 8 heteroatoms. The van der Waals surface area contributed by atoms with Gasteiger partial charge in [0.2, 0.25) is 0 Å². The minimum Gasteiger partial charge on any atom is -0.493 e. The average Bonchev–Trinajstić information content (AvgIpc) is 3.44. The number of halogens is 4. The van der Waals surface area contributed by atoms with Crippen LogP contribution in [0.3, 0.4) is 0 Å². The Balaban J connectivity index is 1.62. The standard InChI is InChI=1S/C21H20F4O4/c1-11(20(27)28)19(26)13-3-2-4-15(7-13)29-10-14-8-16(14)12-5-6-18(22)17(9-12)21(23,24)25/h2-7,9,11,14,16,19,26H,8,10H2,1H3,(H,27,28)/t11-,14+,16+,19+/m0/s1. The summed E-state index contributed by atoms with van der Waals surface area (Å²) in [5.41, 5.74) is -0.444. The summed E-state index contributed by atoms with van der Waals surface area (Å²) in [6.45, 7) is 1.64. The van der Waals surface area contributed by atoms with Gasteiger partial charge in [0.25, 0.3) is 0 Å². The van der Waals surface area contributed by atoms with E-state index in [9.17, 15) is 27.5 Å². The lowest BCUT2D eigenvalue weighted by Gasteiger charge is -2.16. The van der Waals surface area contributed by atoms with Crippen LogP contribution < -0.4 is 4.74 Å². The van der Waals surface area contributed by atoms with E-state index in [0.29, 0.717) is 23.3 Å². The third-order valence-electron chi connectivity index (χ3n) is 5.17. The first-order valence-electron chi connectivity index (χ1n) is 9.08. The third kappa shape index (κ3) is 4.87. The Kier molecular flexibility index (Phi) is 5.84. The van der Waals surface area contributed by atoms with E-state index < -0.39 is 35.5 Å². The van der Waals surface area contributed by atoms with Crippen molar-refractivity contribution in [3.8, 4) is 5.75 Å². The van der Waals surface area contributed by atoms with Gasteiger partial charge in [0.1, 0.15) is 11.6 Å². The van der Waals surface area contributed by atoms with Gasteiger partial charge < -0.3 is 14.9 Å². The lowest BCUT2D eigenvalue weighted by molar-refractivity contribution is -0.145. The maximum absolute atomic E-state index is 13.4. The fourth-order valence-corrected chi connectivity index (χ4v) is 3.25. The molecule has 0 bridgehead atoms. The zero-order valence-electron chi connectivity index (χ0n) is 15.5. The second kappa shape index (κ2) is 8.02. The number of rotatable bonds is 7. The monoisotopic (exact) mass is 412 g/mol. The molecule has 0 unspecified atom stereocenters. The van der Waals surface area contributed by atoms with Crippen molar-refractivity contribution in [3.63, 3.8) is 0 Å². The number of alkyl halides is 3. The van der Waals surface area contributed by atoms with Gasteiger partial charge in [-0.15, -0.1) is 0 Å². The summed E-state index contributed by atoms with van der Waals surface area (Å²) in [7, 11) is 0. The van der Waals surface area contributed by atoms with E-state index >= 15 is 0 Å². The number of ether oxygens (including phenoxy) is 1. The molecular formula is C21H20F4O4. The number of carboxylic acids is 1. The van der Waals surface area contributed by atoms with Gasteiger partial charge in [0.15, 0.2) is 0 Å². The molecule has 2 N–H and O–H groups in total. The summed E-state index contributed by atoms with van der Waals surface area (Å²) in [6, 6.07) is 9.46. The van der Waals surface area contributed by atoms with Crippen molar-refractivity contribution in [2.24, 2.45) is 11.8 Å². The van der Waals surface area contributed by atoms with E-state index in [1.54, 1.807) is 24.3 Å². The van der Waals surface area contributed by atoms with Crippen LogP contribution in [0.25, 0.3) is 0 Å². The topological polar surface area (TPSA) is 66.8 Å². The van der Waals surface area contributed by atoms with Crippen molar-refractivity contribution in [2.75, 3.05) is 6.61 Å². The SMILES string of the molecule is C[C@H](C(=O)O)[C@@H](O)c1cccc(OC[C@H]2C[C@@H]2c2ccc(F)c(C(F)(F)F)c2)c1. The Morgan fingerprint density at radius 1 is 1.24 bits per heavy atom. The highest BCUT2D eigenvalue weighted by Crippen LogP contribution is 2.48. The molecule has 4 nitrogen and oxygen atoms in total. The number of hydrogen-bond donors (Lipinski definition) is 2. The second-order valence-electron chi connectivity index (χ2n) is 7.29. The smallest absolute Gasteiger partial charge is 0.419 e. The molecule has 1 saturated carbocycles. The van der Waals surface area contributed by atoms with Crippen molar-refractivity contribution in [1.82, 2.24) is 0 Å². The maximum atomic E-state index is 13.4. The van der Waals surface area contributed by atoms with Crippen LogP contribution in [0.4, 0.5) is 17.6 Å². The molecule has 0 radical (unpaired) electrons. The van der Waals surface area contributed by atoms with Gasteiger partial charge in [-0.3, -0.25) is 4.79 Å². The normalized spacial score (nSPS) is 20.8. The number of carbonyl (C=O) groups is 1. The quantitative estimate of drug-likeness (QED) is 0.643. The van der Waals surface area contributed by atoms with Gasteiger partial charge in [-0.05, 0) is 54.7 Å². The number of aliphatic carboxylic acids is 1. The fourth-order valence-electron chi connectivity index (χ4n) is 3.25. The van der Waals surface area contributed by atoms with Crippen LogP contribution in [0.1, 0.15) is 42.1 Å². The second-order valence-corrected chi connectivity index (χ2v) is 7.29. The first-order chi connectivity index (χ1) is 13.6. The highest BCUT2D eigenvalue weighted by atomic mass is 19.4. The Morgan fingerprint density at radius 2 is 1.97 bits per heavy atom. The van der Waals surface area contributed by atoms with Crippen LogP contribution in [0, 0.1) is 17.7 Å². The van der Waals surface area contributed by atoms with E-state index in [1.165, 1.54) is 13.0 Å².